The van der Waals surface area contributed by atoms with Crippen LogP contribution in [-0.2, 0) is 9.05 Å². The molecule has 2 unspecified atom stereocenters. The molecule has 4 nitrogen and oxygen atoms in total. The molecular weight excluding hydrogens is 255 g/mol. The molecule has 16 heavy (non-hydrogen) atoms. The van der Waals surface area contributed by atoms with Crippen LogP contribution in [0.15, 0.2) is 17.3 Å². The van der Waals surface area contributed by atoms with Crippen molar-refractivity contribution in [1.29, 1.82) is 0 Å². The van der Waals surface area contributed by atoms with Crippen LogP contribution >= 0.6 is 10.7 Å². The lowest BCUT2D eigenvalue weighted by Crippen LogP contribution is -2.26. The molecule has 1 fully saturated rings. The van der Waals surface area contributed by atoms with Gasteiger partial charge in [-0.15, -0.1) is 0 Å². The Bertz CT molecular complexity index is 474. The van der Waals surface area contributed by atoms with E-state index in [1.54, 1.807) is 0 Å². The number of hydrogen-bond acceptors (Lipinski definition) is 3. The summed E-state index contributed by atoms with van der Waals surface area (Å²) in [6.07, 6.45) is 3.05. The highest BCUT2D eigenvalue weighted by Gasteiger charge is 2.30. The molecule has 2 atom stereocenters. The minimum absolute atomic E-state index is 0.122. The summed E-state index contributed by atoms with van der Waals surface area (Å²) in [7, 11) is 1.40. The highest BCUT2D eigenvalue weighted by atomic mass is 35.7. The van der Waals surface area contributed by atoms with Gasteiger partial charge in [0.2, 0.25) is 0 Å². The first-order chi connectivity index (χ1) is 7.50. The summed E-state index contributed by atoms with van der Waals surface area (Å²) in [4.78, 5) is 0. The number of hydrogen-bond donors (Lipinski definition) is 0. The Labute approximate surface area is 97.8 Å². The van der Waals surface area contributed by atoms with E-state index in [0.29, 0.717) is 12.8 Å². The number of alkyl halides is 1. The van der Waals surface area contributed by atoms with Gasteiger partial charge in [-0.2, -0.15) is 5.10 Å². The minimum atomic E-state index is -3.86. The first kappa shape index (κ1) is 11.9. The Morgan fingerprint density at radius 2 is 2.12 bits per heavy atom. The average molecular weight is 267 g/mol. The summed E-state index contributed by atoms with van der Waals surface area (Å²) in [5.74, 6) is 0. The van der Waals surface area contributed by atoms with Gasteiger partial charge in [-0.1, -0.05) is 12.8 Å². The predicted octanol–water partition coefficient (Wildman–Crippen LogP) is 2.26. The molecule has 7 heteroatoms. The molecule has 1 saturated carbocycles. The standard InChI is InChI=1S/C9H12ClFN2O2S/c10-16(14,15)9-5-6-12-13(9)8-4-2-1-3-7(8)11/h5-8H,1-4H2. The van der Waals surface area contributed by atoms with Crippen LogP contribution in [0.5, 0.6) is 0 Å². The van der Waals surface area contributed by atoms with Gasteiger partial charge in [0.25, 0.3) is 9.05 Å². The van der Waals surface area contributed by atoms with Gasteiger partial charge >= 0.3 is 0 Å². The van der Waals surface area contributed by atoms with Gasteiger partial charge < -0.3 is 0 Å². The van der Waals surface area contributed by atoms with E-state index in [-0.39, 0.29) is 5.03 Å². The minimum Gasteiger partial charge on any atom is -0.247 e. The molecule has 0 aliphatic heterocycles. The molecular formula is C9H12ClFN2O2S. The van der Waals surface area contributed by atoms with Crippen LogP contribution in [0.2, 0.25) is 0 Å². The fraction of sp³-hybridized carbons (Fsp3) is 0.667. The SMILES string of the molecule is O=S(=O)(Cl)c1ccnn1C1CCCCC1F. The number of nitrogens with zero attached hydrogens (tertiary/aromatic N) is 2. The van der Waals surface area contributed by atoms with Crippen LogP contribution in [0.4, 0.5) is 4.39 Å². The van der Waals surface area contributed by atoms with Crippen molar-refractivity contribution in [1.82, 2.24) is 9.78 Å². The largest absolute Gasteiger partial charge is 0.278 e. The Morgan fingerprint density at radius 1 is 1.44 bits per heavy atom. The molecule has 0 amide bonds. The van der Waals surface area contributed by atoms with Crippen molar-refractivity contribution in [3.63, 3.8) is 0 Å². The zero-order chi connectivity index (χ0) is 11.8. The average Bonchev–Trinajstić information content (AvgIpc) is 2.66. The Balaban J connectivity index is 2.37. The second-order valence-electron chi connectivity index (χ2n) is 3.92. The topological polar surface area (TPSA) is 52.0 Å². The Hall–Kier alpha value is -0.620. The third kappa shape index (κ3) is 2.22. The Kier molecular flexibility index (Phi) is 3.21. The summed E-state index contributed by atoms with van der Waals surface area (Å²) in [6.45, 7) is 0. The quantitative estimate of drug-likeness (QED) is 0.772. The molecule has 0 spiro atoms. The van der Waals surface area contributed by atoms with E-state index in [4.69, 9.17) is 10.7 Å². The van der Waals surface area contributed by atoms with Crippen molar-refractivity contribution in [2.75, 3.05) is 0 Å². The third-order valence-electron chi connectivity index (χ3n) is 2.85. The zero-order valence-electron chi connectivity index (χ0n) is 8.51. The molecule has 1 aromatic rings. The second-order valence-corrected chi connectivity index (χ2v) is 6.43. The lowest BCUT2D eigenvalue weighted by Gasteiger charge is -2.26. The van der Waals surface area contributed by atoms with Crippen LogP contribution in [0.25, 0.3) is 0 Å². The molecule has 1 aliphatic carbocycles. The van der Waals surface area contributed by atoms with Crippen molar-refractivity contribution >= 4 is 19.7 Å². The van der Waals surface area contributed by atoms with Crippen molar-refractivity contribution in [2.24, 2.45) is 0 Å². The molecule has 0 aromatic carbocycles. The third-order valence-corrected chi connectivity index (χ3v) is 4.14. The van der Waals surface area contributed by atoms with Crippen molar-refractivity contribution in [3.05, 3.63) is 12.3 Å². The summed E-state index contributed by atoms with van der Waals surface area (Å²) in [5.41, 5.74) is 0. The number of rotatable bonds is 2. The van der Waals surface area contributed by atoms with Crippen molar-refractivity contribution in [3.8, 4) is 0 Å². The summed E-state index contributed by atoms with van der Waals surface area (Å²) < 4.78 is 37.4. The van der Waals surface area contributed by atoms with Crippen LogP contribution in [0.1, 0.15) is 31.7 Å². The van der Waals surface area contributed by atoms with E-state index >= 15 is 0 Å². The van der Waals surface area contributed by atoms with Gasteiger partial charge in [0.15, 0.2) is 5.03 Å². The fourth-order valence-electron chi connectivity index (χ4n) is 2.09. The number of halogens is 2. The zero-order valence-corrected chi connectivity index (χ0v) is 10.1. The predicted molar refractivity (Wildman–Crippen MR) is 57.7 cm³/mol. The van der Waals surface area contributed by atoms with Gasteiger partial charge in [0, 0.05) is 10.7 Å². The maximum Gasteiger partial charge on any atom is 0.278 e. The molecule has 0 N–H and O–H groups in total. The van der Waals surface area contributed by atoms with Crippen LogP contribution in [0, 0.1) is 0 Å². The van der Waals surface area contributed by atoms with Crippen LogP contribution in [-0.4, -0.2) is 24.4 Å². The maximum absolute atomic E-state index is 13.7. The molecule has 0 bridgehead atoms. The van der Waals surface area contributed by atoms with E-state index in [0.717, 1.165) is 12.8 Å². The van der Waals surface area contributed by atoms with E-state index in [1.165, 1.54) is 16.9 Å². The highest BCUT2D eigenvalue weighted by Crippen LogP contribution is 2.32. The lowest BCUT2D eigenvalue weighted by atomic mass is 9.94. The molecule has 1 aromatic heterocycles. The summed E-state index contributed by atoms with van der Waals surface area (Å²) >= 11 is 0. The Morgan fingerprint density at radius 3 is 2.75 bits per heavy atom. The second kappa shape index (κ2) is 4.33. The molecule has 2 rings (SSSR count). The van der Waals surface area contributed by atoms with E-state index in [2.05, 4.69) is 5.10 Å². The van der Waals surface area contributed by atoms with E-state index in [1.807, 2.05) is 0 Å². The molecule has 0 saturated heterocycles. The van der Waals surface area contributed by atoms with Gasteiger partial charge in [-0.25, -0.2) is 17.5 Å². The van der Waals surface area contributed by atoms with E-state index in [9.17, 15) is 12.8 Å². The van der Waals surface area contributed by atoms with Crippen molar-refractivity contribution in [2.45, 2.75) is 42.9 Å². The monoisotopic (exact) mass is 266 g/mol. The van der Waals surface area contributed by atoms with Gasteiger partial charge in [0.05, 0.1) is 12.2 Å². The van der Waals surface area contributed by atoms with Crippen LogP contribution < -0.4 is 0 Å². The molecule has 1 aliphatic rings. The highest BCUT2D eigenvalue weighted by molar-refractivity contribution is 8.13. The maximum atomic E-state index is 13.7. The summed E-state index contributed by atoms with van der Waals surface area (Å²) in [6, 6.07) is 0.788. The lowest BCUT2D eigenvalue weighted by molar-refractivity contribution is 0.152. The smallest absolute Gasteiger partial charge is 0.247 e. The normalized spacial score (nSPS) is 26.9. The molecule has 0 radical (unpaired) electrons. The number of aromatic nitrogens is 2. The van der Waals surface area contributed by atoms with Gasteiger partial charge in [0.1, 0.15) is 6.17 Å². The molecule has 1 heterocycles. The van der Waals surface area contributed by atoms with Gasteiger partial charge in [-0.05, 0) is 18.9 Å². The fourth-order valence-corrected chi connectivity index (χ4v) is 3.08. The van der Waals surface area contributed by atoms with Gasteiger partial charge in [-0.3, -0.25) is 0 Å². The summed E-state index contributed by atoms with van der Waals surface area (Å²) in [5, 5.41) is 3.75. The van der Waals surface area contributed by atoms with Crippen molar-refractivity contribution < 1.29 is 12.8 Å². The first-order valence-corrected chi connectivity index (χ1v) is 7.43. The van der Waals surface area contributed by atoms with E-state index < -0.39 is 21.3 Å². The van der Waals surface area contributed by atoms with Crippen LogP contribution in [0.3, 0.4) is 0 Å². The molecule has 90 valence electrons. The first-order valence-electron chi connectivity index (χ1n) is 5.12.